The van der Waals surface area contributed by atoms with Gasteiger partial charge in [0.05, 0.1) is 17.8 Å². The van der Waals surface area contributed by atoms with E-state index in [0.717, 1.165) is 17.4 Å². The van der Waals surface area contributed by atoms with E-state index in [2.05, 4.69) is 25.8 Å². The number of aryl methyl sites for hydroxylation is 1. The lowest BCUT2D eigenvalue weighted by atomic mass is 10.0. The van der Waals surface area contributed by atoms with Gasteiger partial charge in [-0.25, -0.2) is 0 Å². The van der Waals surface area contributed by atoms with Gasteiger partial charge in [-0.15, -0.1) is 0 Å². The Labute approximate surface area is 135 Å². The number of hydrogen-bond acceptors (Lipinski definition) is 3. The van der Waals surface area contributed by atoms with Gasteiger partial charge in [-0.1, -0.05) is 6.07 Å². The second-order valence-corrected chi connectivity index (χ2v) is 5.83. The third-order valence-electron chi connectivity index (χ3n) is 4.04. The van der Waals surface area contributed by atoms with Gasteiger partial charge in [0.2, 0.25) is 0 Å². The fourth-order valence-electron chi connectivity index (χ4n) is 2.99. The first kappa shape index (κ1) is 15.0. The van der Waals surface area contributed by atoms with Crippen molar-refractivity contribution in [1.29, 1.82) is 0 Å². The minimum atomic E-state index is 0.0148. The number of rotatable bonds is 5. The lowest BCUT2D eigenvalue weighted by Gasteiger charge is -2.28. The molecule has 1 aliphatic rings. The minimum absolute atomic E-state index is 0.0148. The standard InChI is InChI=1S/C16H20N4OS/c1-19-9-4-7-13(19)15-14(12-6-2-3-8-17-12)18-16(22)20(15)10-5-11-21/h2-4,6-9,14-15,21H,5,10-11H2,1H3,(H,18,22)/t14-,15+/m0/s1. The predicted octanol–water partition coefficient (Wildman–Crippen LogP) is 1.77. The molecular weight excluding hydrogens is 296 g/mol. The van der Waals surface area contributed by atoms with E-state index in [-0.39, 0.29) is 18.7 Å². The number of aliphatic hydroxyl groups is 1. The Kier molecular flexibility index (Phi) is 4.40. The minimum Gasteiger partial charge on any atom is -0.396 e. The highest BCUT2D eigenvalue weighted by atomic mass is 32.1. The van der Waals surface area contributed by atoms with Crippen molar-refractivity contribution >= 4 is 17.3 Å². The van der Waals surface area contributed by atoms with Crippen LogP contribution in [0.2, 0.25) is 0 Å². The van der Waals surface area contributed by atoms with Crippen molar-refractivity contribution < 1.29 is 5.11 Å². The number of thiocarbonyl (C=S) groups is 1. The molecule has 0 unspecified atom stereocenters. The topological polar surface area (TPSA) is 53.3 Å². The zero-order valence-corrected chi connectivity index (χ0v) is 13.3. The van der Waals surface area contributed by atoms with Gasteiger partial charge >= 0.3 is 0 Å². The average molecular weight is 316 g/mol. The Bertz CT molecular complexity index is 643. The molecule has 6 heteroatoms. The van der Waals surface area contributed by atoms with E-state index in [1.54, 1.807) is 6.20 Å². The van der Waals surface area contributed by atoms with E-state index in [0.29, 0.717) is 6.42 Å². The number of hydrogen-bond donors (Lipinski definition) is 2. The van der Waals surface area contributed by atoms with Crippen LogP contribution in [0.1, 0.15) is 29.9 Å². The summed E-state index contributed by atoms with van der Waals surface area (Å²) in [6.07, 6.45) is 4.53. The summed E-state index contributed by atoms with van der Waals surface area (Å²) in [7, 11) is 2.04. The van der Waals surface area contributed by atoms with Crippen LogP contribution in [-0.4, -0.2) is 37.8 Å². The molecule has 2 aromatic heterocycles. The highest BCUT2D eigenvalue weighted by molar-refractivity contribution is 7.80. The first-order chi connectivity index (χ1) is 10.7. The lowest BCUT2D eigenvalue weighted by molar-refractivity contribution is 0.244. The van der Waals surface area contributed by atoms with Gasteiger partial charge in [-0.05, 0) is 42.9 Å². The summed E-state index contributed by atoms with van der Waals surface area (Å²) in [5.41, 5.74) is 2.16. The molecule has 5 nitrogen and oxygen atoms in total. The van der Waals surface area contributed by atoms with Crippen molar-refractivity contribution in [3.05, 3.63) is 54.1 Å². The molecule has 0 aliphatic carbocycles. The van der Waals surface area contributed by atoms with Crippen LogP contribution in [0, 0.1) is 0 Å². The zero-order chi connectivity index (χ0) is 15.5. The fourth-order valence-corrected chi connectivity index (χ4v) is 3.32. The number of nitrogens with zero attached hydrogens (tertiary/aromatic N) is 3. The van der Waals surface area contributed by atoms with E-state index >= 15 is 0 Å². The maximum absolute atomic E-state index is 9.16. The number of nitrogens with one attached hydrogen (secondary N) is 1. The van der Waals surface area contributed by atoms with Crippen molar-refractivity contribution in [1.82, 2.24) is 19.8 Å². The van der Waals surface area contributed by atoms with Crippen molar-refractivity contribution in [2.24, 2.45) is 7.05 Å². The van der Waals surface area contributed by atoms with Gasteiger partial charge in [0, 0.05) is 38.3 Å². The smallest absolute Gasteiger partial charge is 0.170 e. The average Bonchev–Trinajstić information content (AvgIpc) is 3.09. The van der Waals surface area contributed by atoms with Crippen LogP contribution in [0.4, 0.5) is 0 Å². The van der Waals surface area contributed by atoms with Crippen LogP contribution in [0.3, 0.4) is 0 Å². The molecule has 0 spiro atoms. The van der Waals surface area contributed by atoms with Gasteiger partial charge in [0.15, 0.2) is 5.11 Å². The molecule has 2 atom stereocenters. The van der Waals surface area contributed by atoms with E-state index < -0.39 is 0 Å². The molecule has 1 fully saturated rings. The van der Waals surface area contributed by atoms with Crippen LogP contribution in [-0.2, 0) is 7.05 Å². The summed E-state index contributed by atoms with van der Waals surface area (Å²) in [5, 5.41) is 13.3. The van der Waals surface area contributed by atoms with Crippen LogP contribution >= 0.6 is 12.2 Å². The monoisotopic (exact) mass is 316 g/mol. The molecule has 0 bridgehead atoms. The number of aromatic nitrogens is 2. The molecular formula is C16H20N4OS. The Morgan fingerprint density at radius 1 is 1.32 bits per heavy atom. The maximum Gasteiger partial charge on any atom is 0.170 e. The second-order valence-electron chi connectivity index (χ2n) is 5.44. The molecule has 1 saturated heterocycles. The number of aliphatic hydroxyl groups excluding tert-OH is 1. The molecule has 0 amide bonds. The zero-order valence-electron chi connectivity index (χ0n) is 12.5. The largest absolute Gasteiger partial charge is 0.396 e. The Hall–Kier alpha value is -1.92. The predicted molar refractivity (Wildman–Crippen MR) is 89.3 cm³/mol. The van der Waals surface area contributed by atoms with Crippen LogP contribution in [0.15, 0.2) is 42.7 Å². The van der Waals surface area contributed by atoms with E-state index in [9.17, 15) is 0 Å². The highest BCUT2D eigenvalue weighted by Gasteiger charge is 2.40. The molecule has 2 N–H and O–H groups in total. The Morgan fingerprint density at radius 3 is 2.82 bits per heavy atom. The molecule has 3 heterocycles. The van der Waals surface area contributed by atoms with Gasteiger partial charge in [-0.2, -0.15) is 0 Å². The molecule has 1 aliphatic heterocycles. The summed E-state index contributed by atoms with van der Waals surface area (Å²) in [5.74, 6) is 0. The summed E-state index contributed by atoms with van der Waals surface area (Å²) in [6, 6.07) is 10.2. The van der Waals surface area contributed by atoms with E-state index in [4.69, 9.17) is 17.3 Å². The van der Waals surface area contributed by atoms with E-state index in [1.165, 1.54) is 5.69 Å². The molecule has 0 aromatic carbocycles. The van der Waals surface area contributed by atoms with Gasteiger partial charge < -0.3 is 19.9 Å². The maximum atomic E-state index is 9.16. The van der Waals surface area contributed by atoms with Crippen molar-refractivity contribution in [3.63, 3.8) is 0 Å². The van der Waals surface area contributed by atoms with Gasteiger partial charge in [0.1, 0.15) is 0 Å². The number of pyridine rings is 1. The first-order valence-electron chi connectivity index (χ1n) is 7.42. The summed E-state index contributed by atoms with van der Waals surface area (Å²) in [4.78, 5) is 6.65. The lowest BCUT2D eigenvalue weighted by Crippen LogP contribution is -2.31. The van der Waals surface area contributed by atoms with Crippen molar-refractivity contribution in [3.8, 4) is 0 Å². The van der Waals surface area contributed by atoms with Crippen molar-refractivity contribution in [2.75, 3.05) is 13.2 Å². The molecule has 22 heavy (non-hydrogen) atoms. The summed E-state index contributed by atoms with van der Waals surface area (Å²) >= 11 is 5.52. The Balaban J connectivity index is 1.99. The van der Waals surface area contributed by atoms with Crippen LogP contribution in [0.5, 0.6) is 0 Å². The first-order valence-corrected chi connectivity index (χ1v) is 7.83. The molecule has 0 radical (unpaired) electrons. The normalized spacial score (nSPS) is 21.2. The van der Waals surface area contributed by atoms with Crippen molar-refractivity contribution in [2.45, 2.75) is 18.5 Å². The molecule has 116 valence electrons. The third-order valence-corrected chi connectivity index (χ3v) is 4.39. The molecule has 3 rings (SSSR count). The second kappa shape index (κ2) is 6.46. The van der Waals surface area contributed by atoms with E-state index in [1.807, 2.05) is 37.5 Å². The fraction of sp³-hybridized carbons (Fsp3) is 0.375. The van der Waals surface area contributed by atoms with Gasteiger partial charge in [0.25, 0.3) is 0 Å². The summed E-state index contributed by atoms with van der Waals surface area (Å²) < 4.78 is 2.11. The summed E-state index contributed by atoms with van der Waals surface area (Å²) in [6.45, 7) is 0.884. The molecule has 0 saturated carbocycles. The highest BCUT2D eigenvalue weighted by Crippen LogP contribution is 2.38. The van der Waals surface area contributed by atoms with Gasteiger partial charge in [-0.3, -0.25) is 4.98 Å². The quantitative estimate of drug-likeness (QED) is 0.824. The Morgan fingerprint density at radius 2 is 2.18 bits per heavy atom. The van der Waals surface area contributed by atoms with Crippen LogP contribution in [0.25, 0.3) is 0 Å². The SMILES string of the molecule is Cn1cccc1[C@@H]1[C@H](c2ccccn2)NC(=S)N1CCCO. The van der Waals surface area contributed by atoms with Crippen LogP contribution < -0.4 is 5.32 Å². The molecule has 2 aromatic rings. The third kappa shape index (κ3) is 2.71.